The molecule has 2 heterocycles. The zero-order chi connectivity index (χ0) is 14.8. The highest BCUT2D eigenvalue weighted by Gasteiger charge is 2.14. The first-order chi connectivity index (χ1) is 10.1. The Morgan fingerprint density at radius 3 is 2.71 bits per heavy atom. The molecular weight excluding hydrogens is 305 g/mol. The summed E-state index contributed by atoms with van der Waals surface area (Å²) in [5.74, 6) is 0.859. The first-order valence-corrected chi connectivity index (χ1v) is 7.30. The van der Waals surface area contributed by atoms with Gasteiger partial charge in [-0.1, -0.05) is 41.4 Å². The predicted molar refractivity (Wildman–Crippen MR) is 85.8 cm³/mol. The number of aromatic nitrogens is 3. The number of pyridine rings is 1. The molecular formula is C16H13Cl2N3. The fourth-order valence-corrected chi connectivity index (χ4v) is 2.62. The summed E-state index contributed by atoms with van der Waals surface area (Å²) in [4.78, 5) is 12.2. The van der Waals surface area contributed by atoms with Gasteiger partial charge < -0.3 is 4.98 Å². The van der Waals surface area contributed by atoms with Crippen LogP contribution in [0.15, 0.2) is 42.6 Å². The van der Waals surface area contributed by atoms with Crippen LogP contribution in [0.25, 0.3) is 11.3 Å². The number of nitrogens with zero attached hydrogens (tertiary/aromatic N) is 2. The third-order valence-corrected chi connectivity index (χ3v) is 4.03. The number of hydrogen-bond acceptors (Lipinski definition) is 2. The second kappa shape index (κ2) is 5.88. The number of H-pyrrole nitrogens is 1. The summed E-state index contributed by atoms with van der Waals surface area (Å²) in [7, 11) is 0. The molecule has 1 aromatic carbocycles. The molecule has 0 radical (unpaired) electrons. The number of hydrogen-bond donors (Lipinski definition) is 1. The highest BCUT2D eigenvalue weighted by molar-refractivity contribution is 6.43. The molecule has 0 fully saturated rings. The Morgan fingerprint density at radius 1 is 1.10 bits per heavy atom. The van der Waals surface area contributed by atoms with Crippen molar-refractivity contribution in [2.75, 3.05) is 0 Å². The maximum Gasteiger partial charge on any atom is 0.113 e. The van der Waals surface area contributed by atoms with Gasteiger partial charge in [0, 0.05) is 29.6 Å². The lowest BCUT2D eigenvalue weighted by molar-refractivity contribution is 0.971. The molecule has 0 bridgehead atoms. The largest absolute Gasteiger partial charge is 0.345 e. The van der Waals surface area contributed by atoms with E-state index in [1.54, 1.807) is 12.3 Å². The number of aromatic amines is 1. The van der Waals surface area contributed by atoms with Gasteiger partial charge in [-0.2, -0.15) is 0 Å². The zero-order valence-electron chi connectivity index (χ0n) is 11.4. The lowest BCUT2D eigenvalue weighted by Gasteiger charge is -2.03. The Labute approximate surface area is 133 Å². The minimum atomic E-state index is 0.526. The Kier molecular flexibility index (Phi) is 3.95. The van der Waals surface area contributed by atoms with Crippen LogP contribution >= 0.6 is 23.2 Å². The summed E-state index contributed by atoms with van der Waals surface area (Å²) in [6.07, 6.45) is 2.43. The number of nitrogens with one attached hydrogen (secondary N) is 1. The molecule has 0 aliphatic heterocycles. The average Bonchev–Trinajstić information content (AvgIpc) is 2.83. The van der Waals surface area contributed by atoms with Gasteiger partial charge in [-0.3, -0.25) is 4.98 Å². The topological polar surface area (TPSA) is 41.6 Å². The molecule has 0 saturated carbocycles. The molecule has 21 heavy (non-hydrogen) atoms. The smallest absolute Gasteiger partial charge is 0.113 e. The number of rotatable bonds is 3. The average molecular weight is 318 g/mol. The number of imidazole rings is 1. The van der Waals surface area contributed by atoms with Crippen LogP contribution in [-0.4, -0.2) is 15.0 Å². The molecule has 5 heteroatoms. The van der Waals surface area contributed by atoms with Crippen molar-refractivity contribution < 1.29 is 0 Å². The molecule has 3 nitrogen and oxygen atoms in total. The van der Waals surface area contributed by atoms with Crippen molar-refractivity contribution in [1.29, 1.82) is 0 Å². The molecule has 0 saturated heterocycles. The van der Waals surface area contributed by atoms with Crippen LogP contribution in [0.2, 0.25) is 10.0 Å². The number of aryl methyl sites for hydroxylation is 1. The number of benzene rings is 1. The molecule has 0 amide bonds. The fraction of sp³-hybridized carbons (Fsp3) is 0.125. The van der Waals surface area contributed by atoms with Gasteiger partial charge in [-0.15, -0.1) is 0 Å². The molecule has 0 aliphatic rings. The zero-order valence-corrected chi connectivity index (χ0v) is 12.9. The van der Waals surface area contributed by atoms with E-state index in [9.17, 15) is 0 Å². The van der Waals surface area contributed by atoms with Crippen molar-refractivity contribution in [3.05, 3.63) is 69.9 Å². The lowest BCUT2D eigenvalue weighted by Crippen LogP contribution is -1.93. The third kappa shape index (κ3) is 2.94. The maximum absolute atomic E-state index is 6.27. The first-order valence-electron chi connectivity index (χ1n) is 6.55. The second-order valence-corrected chi connectivity index (χ2v) is 5.54. The first kappa shape index (κ1) is 14.1. The van der Waals surface area contributed by atoms with E-state index in [1.165, 1.54) is 0 Å². The van der Waals surface area contributed by atoms with Crippen LogP contribution < -0.4 is 0 Å². The molecule has 2 aromatic heterocycles. The van der Waals surface area contributed by atoms with Crippen molar-refractivity contribution in [2.24, 2.45) is 0 Å². The van der Waals surface area contributed by atoms with Crippen LogP contribution in [-0.2, 0) is 6.42 Å². The van der Waals surface area contributed by atoms with Crippen LogP contribution in [0.5, 0.6) is 0 Å². The van der Waals surface area contributed by atoms with Crippen molar-refractivity contribution in [3.63, 3.8) is 0 Å². The van der Waals surface area contributed by atoms with Gasteiger partial charge in [-0.25, -0.2) is 4.98 Å². The van der Waals surface area contributed by atoms with Crippen LogP contribution in [0.1, 0.15) is 17.2 Å². The Morgan fingerprint density at radius 2 is 1.95 bits per heavy atom. The molecule has 3 rings (SSSR count). The molecule has 3 aromatic rings. The van der Waals surface area contributed by atoms with Gasteiger partial charge in [0.1, 0.15) is 5.82 Å². The van der Waals surface area contributed by atoms with Gasteiger partial charge in [-0.05, 0) is 25.1 Å². The number of halogens is 2. The van der Waals surface area contributed by atoms with E-state index in [2.05, 4.69) is 15.0 Å². The van der Waals surface area contributed by atoms with E-state index in [4.69, 9.17) is 23.2 Å². The minimum Gasteiger partial charge on any atom is -0.345 e. The SMILES string of the molecule is Cc1[nH]c(Cc2ccccn2)nc1-c1cccc(Cl)c1Cl. The summed E-state index contributed by atoms with van der Waals surface area (Å²) in [5.41, 5.74) is 3.60. The Hall–Kier alpha value is -1.84. The Balaban J connectivity index is 1.97. The second-order valence-electron chi connectivity index (χ2n) is 4.76. The minimum absolute atomic E-state index is 0.526. The highest BCUT2D eigenvalue weighted by Crippen LogP contribution is 2.34. The van der Waals surface area contributed by atoms with Crippen molar-refractivity contribution in [1.82, 2.24) is 15.0 Å². The van der Waals surface area contributed by atoms with Crippen molar-refractivity contribution >= 4 is 23.2 Å². The van der Waals surface area contributed by atoms with Crippen LogP contribution in [0, 0.1) is 6.92 Å². The van der Waals surface area contributed by atoms with E-state index >= 15 is 0 Å². The summed E-state index contributed by atoms with van der Waals surface area (Å²) >= 11 is 12.3. The summed E-state index contributed by atoms with van der Waals surface area (Å²) in [6.45, 7) is 1.97. The van der Waals surface area contributed by atoms with Crippen molar-refractivity contribution in [2.45, 2.75) is 13.3 Å². The van der Waals surface area contributed by atoms with Crippen molar-refractivity contribution in [3.8, 4) is 11.3 Å². The molecule has 0 unspecified atom stereocenters. The third-order valence-electron chi connectivity index (χ3n) is 3.22. The summed E-state index contributed by atoms with van der Waals surface area (Å²) in [5, 5.41) is 1.06. The van der Waals surface area contributed by atoms with Gasteiger partial charge >= 0.3 is 0 Å². The molecule has 0 spiro atoms. The highest BCUT2D eigenvalue weighted by atomic mass is 35.5. The fourth-order valence-electron chi connectivity index (χ4n) is 2.23. The summed E-state index contributed by atoms with van der Waals surface area (Å²) in [6, 6.07) is 11.4. The van der Waals surface area contributed by atoms with E-state index in [0.29, 0.717) is 16.5 Å². The van der Waals surface area contributed by atoms with Crippen LogP contribution in [0.3, 0.4) is 0 Å². The standard InChI is InChI=1S/C16H13Cl2N3/c1-10-16(12-6-4-7-13(17)15(12)18)21-14(20-10)9-11-5-2-3-8-19-11/h2-8H,9H2,1H3,(H,20,21). The predicted octanol–water partition coefficient (Wildman–Crippen LogP) is 4.68. The lowest BCUT2D eigenvalue weighted by atomic mass is 10.1. The van der Waals surface area contributed by atoms with E-state index in [-0.39, 0.29) is 0 Å². The van der Waals surface area contributed by atoms with E-state index in [0.717, 1.165) is 28.5 Å². The van der Waals surface area contributed by atoms with Gasteiger partial charge in [0.25, 0.3) is 0 Å². The molecule has 106 valence electrons. The summed E-state index contributed by atoms with van der Waals surface area (Å²) < 4.78 is 0. The quantitative estimate of drug-likeness (QED) is 0.762. The normalized spacial score (nSPS) is 10.8. The molecule has 0 aliphatic carbocycles. The van der Waals surface area contributed by atoms with E-state index in [1.807, 2.05) is 37.3 Å². The molecule has 1 N–H and O–H groups in total. The molecule has 0 atom stereocenters. The Bertz CT molecular complexity index is 766. The van der Waals surface area contributed by atoms with Gasteiger partial charge in [0.2, 0.25) is 0 Å². The monoisotopic (exact) mass is 317 g/mol. The van der Waals surface area contributed by atoms with Gasteiger partial charge in [0.15, 0.2) is 0 Å². The van der Waals surface area contributed by atoms with Crippen LogP contribution in [0.4, 0.5) is 0 Å². The maximum atomic E-state index is 6.27. The van der Waals surface area contributed by atoms with E-state index < -0.39 is 0 Å². The van der Waals surface area contributed by atoms with Gasteiger partial charge in [0.05, 0.1) is 15.7 Å².